The molecule has 4 heteroatoms. The summed E-state index contributed by atoms with van der Waals surface area (Å²) < 4.78 is 0. The molecule has 1 N–H and O–H groups in total. The second-order valence-electron chi connectivity index (χ2n) is 7.86. The van der Waals surface area contributed by atoms with Crippen molar-refractivity contribution >= 4 is 17.5 Å². The van der Waals surface area contributed by atoms with Gasteiger partial charge in [0.2, 0.25) is 0 Å². The van der Waals surface area contributed by atoms with E-state index in [1.807, 2.05) is 55.5 Å². The molecule has 0 heterocycles. The maximum absolute atomic E-state index is 12.5. The number of hydrogen-bond donors (Lipinski definition) is 1. The lowest BCUT2D eigenvalue weighted by molar-refractivity contribution is -0.116. The van der Waals surface area contributed by atoms with Crippen molar-refractivity contribution in [2.24, 2.45) is 0 Å². The number of amides is 1. The van der Waals surface area contributed by atoms with Crippen LogP contribution in [0.4, 0.5) is 0 Å². The molecule has 158 valence electrons. The molecule has 0 saturated carbocycles. The molecule has 0 aliphatic rings. The van der Waals surface area contributed by atoms with E-state index in [1.165, 1.54) is 5.56 Å². The van der Waals surface area contributed by atoms with E-state index in [2.05, 4.69) is 5.32 Å². The SMILES string of the molecule is CC(=O)Cc1ccc(CCC(=O)c2ccc(C(=O)NCc3ccc(C)cc3)cc2)cc1. The molecule has 0 aromatic heterocycles. The molecule has 0 aliphatic heterocycles. The maximum Gasteiger partial charge on any atom is 0.251 e. The zero-order valence-electron chi connectivity index (χ0n) is 18.0. The summed E-state index contributed by atoms with van der Waals surface area (Å²) >= 11 is 0. The highest BCUT2D eigenvalue weighted by Gasteiger charge is 2.10. The summed E-state index contributed by atoms with van der Waals surface area (Å²) in [6, 6.07) is 22.6. The number of aryl methyl sites for hydroxylation is 2. The smallest absolute Gasteiger partial charge is 0.251 e. The van der Waals surface area contributed by atoms with E-state index < -0.39 is 0 Å². The Morgan fingerprint density at radius 1 is 0.710 bits per heavy atom. The molecule has 0 unspecified atom stereocenters. The molecule has 0 atom stereocenters. The van der Waals surface area contributed by atoms with Gasteiger partial charge in [-0.25, -0.2) is 0 Å². The lowest BCUT2D eigenvalue weighted by Crippen LogP contribution is -2.22. The molecule has 0 spiro atoms. The molecule has 3 aromatic carbocycles. The van der Waals surface area contributed by atoms with Gasteiger partial charge in [0.05, 0.1) is 0 Å². The Morgan fingerprint density at radius 3 is 1.87 bits per heavy atom. The van der Waals surface area contributed by atoms with Gasteiger partial charge in [-0.1, -0.05) is 66.2 Å². The molecule has 0 radical (unpaired) electrons. The Hall–Kier alpha value is -3.53. The first-order valence-electron chi connectivity index (χ1n) is 10.4. The van der Waals surface area contributed by atoms with Crippen molar-refractivity contribution in [1.29, 1.82) is 0 Å². The van der Waals surface area contributed by atoms with Crippen molar-refractivity contribution < 1.29 is 14.4 Å². The second-order valence-corrected chi connectivity index (χ2v) is 7.86. The van der Waals surface area contributed by atoms with Crippen LogP contribution in [-0.2, 0) is 24.2 Å². The molecule has 0 saturated heterocycles. The zero-order valence-corrected chi connectivity index (χ0v) is 18.0. The number of Topliss-reactive ketones (excluding diaryl/α,β-unsaturated/α-hetero) is 2. The van der Waals surface area contributed by atoms with E-state index in [4.69, 9.17) is 0 Å². The fourth-order valence-electron chi connectivity index (χ4n) is 3.31. The third-order valence-electron chi connectivity index (χ3n) is 5.16. The average Bonchev–Trinajstić information content (AvgIpc) is 2.77. The average molecular weight is 414 g/mol. The molecule has 0 bridgehead atoms. The van der Waals surface area contributed by atoms with Crippen LogP contribution in [0.25, 0.3) is 0 Å². The minimum absolute atomic E-state index is 0.0411. The van der Waals surface area contributed by atoms with Gasteiger partial charge in [-0.05, 0) is 49.1 Å². The topological polar surface area (TPSA) is 63.2 Å². The molecular weight excluding hydrogens is 386 g/mol. The maximum atomic E-state index is 12.5. The van der Waals surface area contributed by atoms with E-state index in [0.29, 0.717) is 36.9 Å². The van der Waals surface area contributed by atoms with Crippen LogP contribution in [0.3, 0.4) is 0 Å². The lowest BCUT2D eigenvalue weighted by Gasteiger charge is -2.07. The minimum Gasteiger partial charge on any atom is -0.348 e. The summed E-state index contributed by atoms with van der Waals surface area (Å²) in [4.78, 5) is 36.0. The Kier molecular flexibility index (Phi) is 7.50. The molecule has 3 rings (SSSR count). The molecule has 0 aliphatic carbocycles. The van der Waals surface area contributed by atoms with Gasteiger partial charge in [-0.15, -0.1) is 0 Å². The quantitative estimate of drug-likeness (QED) is 0.509. The number of hydrogen-bond acceptors (Lipinski definition) is 3. The van der Waals surface area contributed by atoms with Crippen LogP contribution in [0.2, 0.25) is 0 Å². The van der Waals surface area contributed by atoms with Crippen molar-refractivity contribution in [3.63, 3.8) is 0 Å². The van der Waals surface area contributed by atoms with Crippen LogP contribution in [0.15, 0.2) is 72.8 Å². The van der Waals surface area contributed by atoms with Gasteiger partial charge in [0.15, 0.2) is 5.78 Å². The van der Waals surface area contributed by atoms with Gasteiger partial charge < -0.3 is 5.32 Å². The summed E-state index contributed by atoms with van der Waals surface area (Å²) in [6.07, 6.45) is 1.47. The third kappa shape index (κ3) is 6.75. The highest BCUT2D eigenvalue weighted by molar-refractivity contribution is 5.98. The molecule has 3 aromatic rings. The summed E-state index contributed by atoms with van der Waals surface area (Å²) in [5.74, 6) is 0.0138. The summed E-state index contributed by atoms with van der Waals surface area (Å²) in [7, 11) is 0. The number of benzene rings is 3. The lowest BCUT2D eigenvalue weighted by atomic mass is 10.00. The molecule has 1 amide bonds. The monoisotopic (exact) mass is 413 g/mol. The molecule has 0 fully saturated rings. The van der Waals surface area contributed by atoms with Gasteiger partial charge in [0, 0.05) is 30.5 Å². The number of carbonyl (C=O) groups is 3. The van der Waals surface area contributed by atoms with Crippen molar-refractivity contribution in [3.05, 3.63) is 106 Å². The highest BCUT2D eigenvalue weighted by Crippen LogP contribution is 2.12. The van der Waals surface area contributed by atoms with Crippen LogP contribution >= 0.6 is 0 Å². The Bertz CT molecular complexity index is 1050. The summed E-state index contributed by atoms with van der Waals surface area (Å²) in [5, 5.41) is 2.90. The fraction of sp³-hybridized carbons (Fsp3) is 0.222. The van der Waals surface area contributed by atoms with Crippen molar-refractivity contribution in [2.75, 3.05) is 0 Å². The third-order valence-corrected chi connectivity index (χ3v) is 5.16. The Labute approximate surface area is 183 Å². The zero-order chi connectivity index (χ0) is 22.2. The normalized spacial score (nSPS) is 10.5. The van der Waals surface area contributed by atoms with Crippen LogP contribution < -0.4 is 5.32 Å². The first-order valence-corrected chi connectivity index (χ1v) is 10.4. The predicted molar refractivity (Wildman–Crippen MR) is 122 cm³/mol. The van der Waals surface area contributed by atoms with Crippen LogP contribution in [0.5, 0.6) is 0 Å². The molecule has 4 nitrogen and oxygen atoms in total. The van der Waals surface area contributed by atoms with Crippen molar-refractivity contribution in [2.45, 2.75) is 39.7 Å². The number of carbonyl (C=O) groups excluding carboxylic acids is 3. The van der Waals surface area contributed by atoms with Crippen molar-refractivity contribution in [1.82, 2.24) is 5.32 Å². The van der Waals surface area contributed by atoms with E-state index in [9.17, 15) is 14.4 Å². The van der Waals surface area contributed by atoms with Gasteiger partial charge in [-0.2, -0.15) is 0 Å². The summed E-state index contributed by atoms with van der Waals surface area (Å²) in [6.45, 7) is 4.06. The van der Waals surface area contributed by atoms with Crippen molar-refractivity contribution in [3.8, 4) is 0 Å². The van der Waals surface area contributed by atoms with Gasteiger partial charge in [-0.3, -0.25) is 14.4 Å². The minimum atomic E-state index is -0.162. The van der Waals surface area contributed by atoms with Crippen LogP contribution in [0, 0.1) is 6.92 Å². The Balaban J connectivity index is 1.50. The van der Waals surface area contributed by atoms with Gasteiger partial charge in [0.1, 0.15) is 5.78 Å². The Morgan fingerprint density at radius 2 is 1.26 bits per heavy atom. The molecular formula is C27H27NO3. The highest BCUT2D eigenvalue weighted by atomic mass is 16.1. The standard InChI is InChI=1S/C27H27NO3/c1-19-3-5-23(6-4-19)18-28-27(31)25-14-12-24(13-15-25)26(30)16-11-21-7-9-22(10-8-21)17-20(2)29/h3-10,12-15H,11,16-18H2,1-2H3,(H,28,31). The largest absolute Gasteiger partial charge is 0.348 e. The van der Waals surface area contributed by atoms with E-state index in [1.54, 1.807) is 31.2 Å². The van der Waals surface area contributed by atoms with Crippen LogP contribution in [-0.4, -0.2) is 17.5 Å². The fourth-order valence-corrected chi connectivity index (χ4v) is 3.31. The number of ketones is 2. The number of nitrogens with one attached hydrogen (secondary N) is 1. The van der Waals surface area contributed by atoms with E-state index in [0.717, 1.165) is 16.7 Å². The molecule has 31 heavy (non-hydrogen) atoms. The number of rotatable bonds is 9. The first kappa shape index (κ1) is 22.2. The van der Waals surface area contributed by atoms with Gasteiger partial charge >= 0.3 is 0 Å². The summed E-state index contributed by atoms with van der Waals surface area (Å²) in [5.41, 5.74) is 5.40. The first-order chi connectivity index (χ1) is 14.9. The second kappa shape index (κ2) is 10.5. The van der Waals surface area contributed by atoms with Crippen LogP contribution in [0.1, 0.15) is 56.3 Å². The van der Waals surface area contributed by atoms with Gasteiger partial charge in [0.25, 0.3) is 5.91 Å². The van der Waals surface area contributed by atoms with E-state index in [-0.39, 0.29) is 17.5 Å². The van der Waals surface area contributed by atoms with E-state index >= 15 is 0 Å². The predicted octanol–water partition coefficient (Wildman–Crippen LogP) is 4.87.